The van der Waals surface area contributed by atoms with Crippen molar-refractivity contribution in [2.75, 3.05) is 13.1 Å². The van der Waals surface area contributed by atoms with E-state index in [0.29, 0.717) is 0 Å². The fraction of sp³-hybridized carbons (Fsp3) is 0.800. The summed E-state index contributed by atoms with van der Waals surface area (Å²) in [6.45, 7) is 9.28. The van der Waals surface area contributed by atoms with Crippen LogP contribution in [0.2, 0.25) is 0 Å². The van der Waals surface area contributed by atoms with E-state index in [-0.39, 0.29) is 5.54 Å². The Kier molecular flexibility index (Phi) is 4.63. The number of likely N-dealkylation sites (N-methyl/N-ethyl adjacent to an activating group) is 1. The summed E-state index contributed by atoms with van der Waals surface area (Å²) >= 11 is 0. The third kappa shape index (κ3) is 2.56. The lowest BCUT2D eigenvalue weighted by atomic mass is 9.85. The van der Waals surface area contributed by atoms with E-state index in [4.69, 9.17) is 0 Å². The van der Waals surface area contributed by atoms with E-state index in [1.807, 2.05) is 17.1 Å². The maximum Gasteiger partial charge on any atom is 0.100 e. The van der Waals surface area contributed by atoms with Crippen molar-refractivity contribution in [3.05, 3.63) is 18.0 Å². The Morgan fingerprint density at radius 2 is 1.95 bits per heavy atom. The summed E-state index contributed by atoms with van der Waals surface area (Å²) in [5, 5.41) is 15.2. The van der Waals surface area contributed by atoms with Gasteiger partial charge in [-0.3, -0.25) is 9.58 Å². The standard InChI is InChI=1S/C15H27N3O/c1-4-17(5-2)15(9-7-8-10-15)14(19)13-11-16-18(6-3)12-13/h11-12,14,19H,4-10H2,1-3H3. The van der Waals surface area contributed by atoms with E-state index in [9.17, 15) is 5.11 Å². The summed E-state index contributed by atoms with van der Waals surface area (Å²) in [5.41, 5.74) is 0.890. The average molecular weight is 265 g/mol. The third-order valence-corrected chi connectivity index (χ3v) is 4.66. The highest BCUT2D eigenvalue weighted by atomic mass is 16.3. The third-order valence-electron chi connectivity index (χ3n) is 4.66. The van der Waals surface area contributed by atoms with E-state index in [1.54, 1.807) is 0 Å². The number of aliphatic hydroxyl groups excluding tert-OH is 1. The smallest absolute Gasteiger partial charge is 0.100 e. The minimum Gasteiger partial charge on any atom is -0.386 e. The normalized spacial score (nSPS) is 20.1. The molecule has 0 aliphatic heterocycles. The molecule has 1 aliphatic carbocycles. The van der Waals surface area contributed by atoms with Crippen LogP contribution in [0.15, 0.2) is 12.4 Å². The predicted octanol–water partition coefficient (Wildman–Crippen LogP) is 2.59. The molecule has 0 amide bonds. The number of rotatable bonds is 6. The van der Waals surface area contributed by atoms with Crippen LogP contribution in [0, 0.1) is 0 Å². The van der Waals surface area contributed by atoms with E-state index >= 15 is 0 Å². The van der Waals surface area contributed by atoms with Crippen LogP contribution in [0.25, 0.3) is 0 Å². The summed E-state index contributed by atoms with van der Waals surface area (Å²) in [5.74, 6) is 0. The number of nitrogens with zero attached hydrogens (tertiary/aromatic N) is 3. The number of aliphatic hydroxyl groups is 1. The molecular weight excluding hydrogens is 238 g/mol. The molecule has 4 heteroatoms. The molecule has 108 valence electrons. The minimum absolute atomic E-state index is 0.0783. The number of aryl methyl sites for hydroxylation is 1. The van der Waals surface area contributed by atoms with Gasteiger partial charge in [-0.2, -0.15) is 5.10 Å². The lowest BCUT2D eigenvalue weighted by Crippen LogP contribution is -2.51. The van der Waals surface area contributed by atoms with Gasteiger partial charge in [0.05, 0.1) is 11.7 Å². The lowest BCUT2D eigenvalue weighted by Gasteiger charge is -2.43. The first kappa shape index (κ1) is 14.5. The lowest BCUT2D eigenvalue weighted by molar-refractivity contribution is -0.0269. The largest absolute Gasteiger partial charge is 0.386 e. The maximum atomic E-state index is 10.9. The molecule has 0 saturated heterocycles. The Morgan fingerprint density at radius 3 is 2.42 bits per heavy atom. The number of aromatic nitrogens is 2. The van der Waals surface area contributed by atoms with Crippen LogP contribution in [0.4, 0.5) is 0 Å². The van der Waals surface area contributed by atoms with Crippen LogP contribution in [-0.2, 0) is 6.54 Å². The molecule has 0 spiro atoms. The first-order chi connectivity index (χ1) is 9.17. The van der Waals surface area contributed by atoms with Gasteiger partial charge in [0.1, 0.15) is 6.10 Å². The monoisotopic (exact) mass is 265 g/mol. The van der Waals surface area contributed by atoms with E-state index in [0.717, 1.165) is 38.0 Å². The van der Waals surface area contributed by atoms with Gasteiger partial charge in [-0.25, -0.2) is 0 Å². The van der Waals surface area contributed by atoms with Gasteiger partial charge in [-0.15, -0.1) is 0 Å². The van der Waals surface area contributed by atoms with Crippen LogP contribution < -0.4 is 0 Å². The average Bonchev–Trinajstić information content (AvgIpc) is 3.09. The molecule has 1 saturated carbocycles. The zero-order valence-electron chi connectivity index (χ0n) is 12.5. The van der Waals surface area contributed by atoms with Gasteiger partial charge in [0, 0.05) is 18.3 Å². The molecule has 1 aromatic rings. The molecule has 0 bridgehead atoms. The van der Waals surface area contributed by atoms with E-state index in [2.05, 4.69) is 30.8 Å². The van der Waals surface area contributed by atoms with Crippen molar-refractivity contribution in [1.82, 2.24) is 14.7 Å². The summed E-state index contributed by atoms with van der Waals surface area (Å²) < 4.78 is 1.89. The van der Waals surface area contributed by atoms with Crippen molar-refractivity contribution in [3.8, 4) is 0 Å². The Hall–Kier alpha value is -0.870. The Labute approximate surface area is 116 Å². The molecule has 0 aromatic carbocycles. The fourth-order valence-corrected chi connectivity index (χ4v) is 3.61. The molecule has 1 fully saturated rings. The van der Waals surface area contributed by atoms with Crippen LogP contribution in [0.1, 0.15) is 58.1 Å². The van der Waals surface area contributed by atoms with Crippen LogP contribution in [-0.4, -0.2) is 38.4 Å². The highest BCUT2D eigenvalue weighted by Gasteiger charge is 2.45. The van der Waals surface area contributed by atoms with Crippen molar-refractivity contribution in [3.63, 3.8) is 0 Å². The van der Waals surface area contributed by atoms with Gasteiger partial charge in [0.15, 0.2) is 0 Å². The second-order valence-corrected chi connectivity index (χ2v) is 5.51. The molecule has 1 atom stereocenters. The molecule has 1 N–H and O–H groups in total. The SMILES string of the molecule is CCN(CC)C1(C(O)c2cnn(CC)c2)CCCC1. The summed E-state index contributed by atoms with van der Waals surface area (Å²) in [7, 11) is 0. The van der Waals surface area contributed by atoms with Gasteiger partial charge < -0.3 is 5.11 Å². The zero-order valence-corrected chi connectivity index (χ0v) is 12.5. The fourth-order valence-electron chi connectivity index (χ4n) is 3.61. The second kappa shape index (κ2) is 6.06. The molecular formula is C15H27N3O. The van der Waals surface area contributed by atoms with Crippen LogP contribution in [0.5, 0.6) is 0 Å². The Bertz CT molecular complexity index is 392. The van der Waals surface area contributed by atoms with Gasteiger partial charge in [0.25, 0.3) is 0 Å². The number of hydrogen-bond donors (Lipinski definition) is 1. The van der Waals surface area contributed by atoms with Crippen LogP contribution in [0.3, 0.4) is 0 Å². The van der Waals surface area contributed by atoms with Crippen molar-refractivity contribution in [1.29, 1.82) is 0 Å². The molecule has 0 radical (unpaired) electrons. The molecule has 1 aliphatic rings. The van der Waals surface area contributed by atoms with Crippen molar-refractivity contribution in [2.24, 2.45) is 0 Å². The van der Waals surface area contributed by atoms with Gasteiger partial charge in [0.2, 0.25) is 0 Å². The first-order valence-corrected chi connectivity index (χ1v) is 7.63. The highest BCUT2D eigenvalue weighted by molar-refractivity contribution is 5.17. The zero-order chi connectivity index (χ0) is 13.9. The first-order valence-electron chi connectivity index (χ1n) is 7.63. The molecule has 1 aromatic heterocycles. The molecule has 2 rings (SSSR count). The molecule has 19 heavy (non-hydrogen) atoms. The Balaban J connectivity index is 2.27. The predicted molar refractivity (Wildman–Crippen MR) is 77.0 cm³/mol. The van der Waals surface area contributed by atoms with Crippen molar-refractivity contribution >= 4 is 0 Å². The van der Waals surface area contributed by atoms with E-state index < -0.39 is 6.10 Å². The maximum absolute atomic E-state index is 10.9. The Morgan fingerprint density at radius 1 is 1.32 bits per heavy atom. The minimum atomic E-state index is -0.421. The molecule has 1 heterocycles. The highest BCUT2D eigenvalue weighted by Crippen LogP contribution is 2.44. The quantitative estimate of drug-likeness (QED) is 0.859. The topological polar surface area (TPSA) is 41.3 Å². The van der Waals surface area contributed by atoms with E-state index in [1.165, 1.54) is 12.8 Å². The van der Waals surface area contributed by atoms with Crippen molar-refractivity contribution < 1.29 is 5.11 Å². The molecule has 1 unspecified atom stereocenters. The van der Waals surface area contributed by atoms with Gasteiger partial charge in [-0.05, 0) is 32.9 Å². The van der Waals surface area contributed by atoms with Gasteiger partial charge in [-0.1, -0.05) is 26.7 Å². The van der Waals surface area contributed by atoms with Gasteiger partial charge >= 0.3 is 0 Å². The second-order valence-electron chi connectivity index (χ2n) is 5.51. The van der Waals surface area contributed by atoms with Crippen LogP contribution >= 0.6 is 0 Å². The number of hydrogen-bond acceptors (Lipinski definition) is 3. The summed E-state index contributed by atoms with van der Waals surface area (Å²) in [6, 6.07) is 0. The summed E-state index contributed by atoms with van der Waals surface area (Å²) in [4.78, 5) is 2.44. The summed E-state index contributed by atoms with van der Waals surface area (Å²) in [6.07, 6.45) is 8.02. The molecule has 4 nitrogen and oxygen atoms in total. The van der Waals surface area contributed by atoms with Crippen molar-refractivity contribution in [2.45, 2.75) is 64.6 Å².